The van der Waals surface area contributed by atoms with Crippen molar-refractivity contribution >= 4 is 117 Å². The third-order valence-corrected chi connectivity index (χ3v) is 13.9. The normalized spacial score (nSPS) is 14.7. The van der Waals surface area contributed by atoms with Crippen LogP contribution in [0.2, 0.25) is 0 Å². The van der Waals surface area contributed by atoms with Crippen LogP contribution in [-0.2, 0) is 64.1 Å². The Labute approximate surface area is 475 Å². The van der Waals surface area contributed by atoms with E-state index in [1.54, 1.807) is 0 Å². The molecule has 6 amide bonds. The number of carboxylic acids is 4. The zero-order valence-corrected chi connectivity index (χ0v) is 45.6. The summed E-state index contributed by atoms with van der Waals surface area (Å²) < 4.78 is 0. The van der Waals surface area contributed by atoms with Crippen molar-refractivity contribution < 1.29 is 82.8 Å². The Kier molecular flexibility index (Phi) is 25.6. The number of amides is 6. The number of aromatic amines is 1. The number of carbonyl (C=O) groups is 13. The second-order valence-corrected chi connectivity index (χ2v) is 20.2. The first-order valence-corrected chi connectivity index (χ1v) is 26.7. The lowest BCUT2D eigenvalue weighted by Gasteiger charge is -2.24. The van der Waals surface area contributed by atoms with Gasteiger partial charge in [-0.1, -0.05) is 0 Å². The predicted octanol–water partition coefficient (Wildman–Crippen LogP) is -2.19. The maximum Gasteiger partial charge on any atom is 0.326 e. The summed E-state index contributed by atoms with van der Waals surface area (Å²) in [4.78, 5) is 198. The Balaban J connectivity index is 1.37. The van der Waals surface area contributed by atoms with Gasteiger partial charge in [-0.25, -0.2) is 14.8 Å². The third-order valence-electron chi connectivity index (χ3n) is 12.6. The van der Waals surface area contributed by atoms with E-state index < -0.39 is 156 Å². The van der Waals surface area contributed by atoms with Gasteiger partial charge in [-0.15, -0.1) is 11.8 Å². The fourth-order valence-corrected chi connectivity index (χ4v) is 9.44. The first-order chi connectivity index (χ1) is 39.2. The number of guanidine groups is 1. The van der Waals surface area contributed by atoms with E-state index in [0.29, 0.717) is 11.4 Å². The predicted molar refractivity (Wildman–Crippen MR) is 292 cm³/mol. The number of hydrogen-bond donors (Lipinski definition) is 13. The number of carbonyl (C=O) groups excluding carboxylic acids is 9. The zero-order chi connectivity index (χ0) is 61.5. The van der Waals surface area contributed by atoms with Crippen molar-refractivity contribution in [3.05, 3.63) is 52.1 Å². The second kappa shape index (κ2) is 32.1. The molecule has 1 unspecified atom stereocenters. The number of nitrogens with two attached hydrogens (primary N) is 3. The molecule has 0 aliphatic carbocycles. The van der Waals surface area contributed by atoms with Gasteiger partial charge >= 0.3 is 23.9 Å². The first kappa shape index (κ1) is 66.1. The molecule has 4 rings (SSSR count). The minimum absolute atomic E-state index is 0.0196. The minimum atomic E-state index is -1.78. The van der Waals surface area contributed by atoms with Crippen molar-refractivity contribution in [1.29, 1.82) is 0 Å². The van der Waals surface area contributed by atoms with Gasteiger partial charge in [-0.05, 0) is 55.7 Å². The van der Waals surface area contributed by atoms with Crippen LogP contribution < -0.4 is 49.3 Å². The molecule has 1 saturated heterocycles. The van der Waals surface area contributed by atoms with Crippen LogP contribution in [0.5, 0.6) is 0 Å². The lowest BCUT2D eigenvalue weighted by Crippen LogP contribution is -2.48. The number of aliphatic carboxylic acids is 4. The minimum Gasteiger partial charge on any atom is -0.481 e. The van der Waals surface area contributed by atoms with Gasteiger partial charge in [0.2, 0.25) is 35.5 Å². The first-order valence-electron chi connectivity index (χ1n) is 25.7. The zero-order valence-electron chi connectivity index (χ0n) is 44.8. The maximum atomic E-state index is 14.0. The number of rotatable bonds is 37. The van der Waals surface area contributed by atoms with Crippen molar-refractivity contribution in [2.45, 2.75) is 113 Å². The molecular formula is C50H64N14O18S. The Hall–Kier alpha value is -9.43. The van der Waals surface area contributed by atoms with Gasteiger partial charge in [-0.2, -0.15) is 4.98 Å². The molecule has 33 heteroatoms. The molecule has 1 aliphatic heterocycles. The van der Waals surface area contributed by atoms with E-state index >= 15 is 0 Å². The Morgan fingerprint density at radius 1 is 0.759 bits per heavy atom. The van der Waals surface area contributed by atoms with E-state index in [1.807, 2.05) is 0 Å². The number of ketones is 3. The Morgan fingerprint density at radius 3 is 2.01 bits per heavy atom. The highest BCUT2D eigenvalue weighted by Crippen LogP contribution is 2.27. The lowest BCUT2D eigenvalue weighted by atomic mass is 9.91. The van der Waals surface area contributed by atoms with E-state index in [1.165, 1.54) is 37.5 Å². The van der Waals surface area contributed by atoms with Gasteiger partial charge in [0.05, 0.1) is 66.9 Å². The smallest absolute Gasteiger partial charge is 0.326 e. The highest BCUT2D eigenvalue weighted by atomic mass is 32.2. The Morgan fingerprint density at radius 2 is 1.40 bits per heavy atom. The maximum absolute atomic E-state index is 14.0. The standard InChI is InChI=1S/C50H64N14O18S/c1-54-36(68)12-14-64-37(69)21-35(47(64)80)83-15-3-5-33(66)32(20-40(74)75)61-45(78)26(19-39(72)73)17-34(67)30(4-2-13-55-49(51)52)59-44(77)25(18-38(70)71)16-29(65)10-11-31(48(81)82)60-43(76)24-6-8-27(9-7-24)56-22-28-23-57-42-41(58-28)46(79)63-50(53)62-42/h6-9,23,25-26,30-32,35,56H,2-5,10-22H2,1H3,(H,54,68)(H,59,77)(H,60,76)(H,61,78)(H,70,71)(H,72,73)(H,74,75)(H,81,82)(H4,51,52,55)(H3,53,57,62,63,79)/t25-,26-,30-,31-,32-,35?/m0/s1. The van der Waals surface area contributed by atoms with Crippen LogP contribution >= 0.6 is 11.8 Å². The number of imide groups is 1. The average Bonchev–Trinajstić information content (AvgIpc) is 3.69. The Bertz CT molecular complexity index is 3040. The highest BCUT2D eigenvalue weighted by Gasteiger charge is 2.39. The number of Topliss-reactive ketones (excluding diaryl/α,β-unsaturated/α-hetero) is 3. The number of aromatic nitrogens is 4. The number of anilines is 2. The lowest BCUT2D eigenvalue weighted by molar-refractivity contribution is -0.144. The monoisotopic (exact) mass is 1180 g/mol. The average molecular weight is 1180 g/mol. The fraction of sp³-hybridized carbons (Fsp3) is 0.480. The van der Waals surface area contributed by atoms with Gasteiger partial charge in [0.15, 0.2) is 28.7 Å². The number of nitrogens with zero attached hydrogens (tertiary/aromatic N) is 5. The molecule has 1 aliphatic rings. The molecule has 3 heterocycles. The van der Waals surface area contributed by atoms with Crippen molar-refractivity contribution in [2.75, 3.05) is 36.9 Å². The van der Waals surface area contributed by atoms with Crippen LogP contribution in [0.1, 0.15) is 99.5 Å². The molecule has 2 aromatic heterocycles. The van der Waals surface area contributed by atoms with Crippen LogP contribution in [0, 0.1) is 11.8 Å². The van der Waals surface area contributed by atoms with Gasteiger partial charge in [0.1, 0.15) is 11.8 Å². The van der Waals surface area contributed by atoms with Crippen molar-refractivity contribution in [3.63, 3.8) is 0 Å². The van der Waals surface area contributed by atoms with E-state index in [2.05, 4.69) is 51.5 Å². The summed E-state index contributed by atoms with van der Waals surface area (Å²) in [6, 6.07) is 0.762. The van der Waals surface area contributed by atoms with Gasteiger partial charge < -0.3 is 64.2 Å². The van der Waals surface area contributed by atoms with Crippen molar-refractivity contribution in [3.8, 4) is 0 Å². The molecule has 0 bridgehead atoms. The number of aliphatic imine (C=N–C) groups is 1. The summed E-state index contributed by atoms with van der Waals surface area (Å²) in [6.07, 6.45) is -5.28. The quantitative estimate of drug-likeness (QED) is 0.0126. The SMILES string of the molecule is CNC(=O)CCN1C(=O)CC(SCCCC(=O)[C@H](CC(=O)O)NC(=O)[C@H](CC(=O)O)CC(=O)[C@H](CCCN=C(N)N)NC(=O)[C@H](CC(=O)O)CC(=O)CC[C@H](NC(=O)c2ccc(NCc3cnc4nc(N)[nH]c(=O)c4n3)cc2)C(=O)O)C1=O. The molecule has 1 aromatic carbocycles. The third kappa shape index (κ3) is 21.9. The van der Waals surface area contributed by atoms with Crippen LogP contribution in [0.15, 0.2) is 40.2 Å². The molecule has 16 N–H and O–H groups in total. The molecule has 448 valence electrons. The van der Waals surface area contributed by atoms with Gasteiger partial charge in [-0.3, -0.25) is 77.2 Å². The van der Waals surface area contributed by atoms with Crippen LogP contribution in [-0.4, -0.2) is 177 Å². The number of H-pyrrole nitrogens is 1. The summed E-state index contributed by atoms with van der Waals surface area (Å²) >= 11 is 1.06. The summed E-state index contributed by atoms with van der Waals surface area (Å²) in [5.74, 6) is -17.2. The molecule has 0 radical (unpaired) electrons. The van der Waals surface area contributed by atoms with Crippen molar-refractivity contribution in [1.82, 2.24) is 46.1 Å². The van der Waals surface area contributed by atoms with E-state index in [0.717, 1.165) is 16.7 Å². The summed E-state index contributed by atoms with van der Waals surface area (Å²) in [5.41, 5.74) is 16.7. The molecule has 32 nitrogen and oxygen atoms in total. The molecule has 0 saturated carbocycles. The molecule has 3 aromatic rings. The topological polar surface area (TPSA) is 528 Å². The second-order valence-electron chi connectivity index (χ2n) is 18.9. The van der Waals surface area contributed by atoms with Gasteiger partial charge in [0, 0.05) is 69.9 Å². The van der Waals surface area contributed by atoms with Crippen LogP contribution in [0.25, 0.3) is 11.2 Å². The number of fused-ring (bicyclic) bond motifs is 1. The summed E-state index contributed by atoms with van der Waals surface area (Å²) in [5, 5.41) is 50.5. The van der Waals surface area contributed by atoms with E-state index in [-0.39, 0.29) is 98.5 Å². The number of nitrogens with one attached hydrogen (secondary N) is 6. The fourth-order valence-electron chi connectivity index (χ4n) is 8.31. The van der Waals surface area contributed by atoms with Crippen LogP contribution in [0.4, 0.5) is 11.6 Å². The number of nitrogen functional groups attached to an aromatic ring is 1. The molecule has 1 fully saturated rings. The molecule has 0 spiro atoms. The summed E-state index contributed by atoms with van der Waals surface area (Å²) in [7, 11) is 1.40. The van der Waals surface area contributed by atoms with Crippen LogP contribution in [0.3, 0.4) is 0 Å². The van der Waals surface area contributed by atoms with E-state index in [4.69, 9.17) is 17.2 Å². The molecule has 6 atom stereocenters. The van der Waals surface area contributed by atoms with Crippen molar-refractivity contribution in [2.24, 2.45) is 28.3 Å². The molecular weight excluding hydrogens is 1120 g/mol. The largest absolute Gasteiger partial charge is 0.481 e. The number of carboxylic acid groups (broad SMARTS) is 4. The number of likely N-dealkylation sites (tertiary alicyclic amines) is 1. The summed E-state index contributed by atoms with van der Waals surface area (Å²) in [6.45, 7) is -0.143. The highest BCUT2D eigenvalue weighted by molar-refractivity contribution is 8.00. The number of hydrogen-bond acceptors (Lipinski definition) is 21. The van der Waals surface area contributed by atoms with Gasteiger partial charge in [0.25, 0.3) is 11.5 Å². The van der Waals surface area contributed by atoms with E-state index in [9.17, 15) is 87.5 Å². The number of benzene rings is 1. The number of thioether (sulfide) groups is 1. The molecule has 83 heavy (non-hydrogen) atoms.